The summed E-state index contributed by atoms with van der Waals surface area (Å²) in [6.45, 7) is -0.352. The van der Waals surface area contributed by atoms with Gasteiger partial charge in [0.25, 0.3) is 0 Å². The van der Waals surface area contributed by atoms with Crippen molar-refractivity contribution in [3.63, 3.8) is 0 Å². The number of fused-ring (bicyclic) bond motifs is 1. The summed E-state index contributed by atoms with van der Waals surface area (Å²) in [4.78, 5) is 13.5. The first-order valence-corrected chi connectivity index (χ1v) is 10.5. The summed E-state index contributed by atoms with van der Waals surface area (Å²) in [6, 6.07) is 15.1. The number of pyridine rings is 2. The predicted octanol–water partition coefficient (Wildman–Crippen LogP) is 3.93. The molecule has 3 heterocycles. The minimum Gasteiger partial charge on any atom is -0.394 e. The molecule has 168 valence electrons. The fraction of sp³-hybridized carbons (Fsp3) is 0.250. The standard InChI is InChI=1S/C24H22N6O2.ClH/c25-11-15-5-6-26-23(7-15)29-24-10-18(16-1-2-16)8-21(28-24)17-3-4-20-22(9-17)30(14-27-20)19(12-31)13-32;/h3-10,14,16,19,31-32H,1-2,12-13H2,(H,26,28,29);1H. The highest BCUT2D eigenvalue weighted by atomic mass is 35.5. The van der Waals surface area contributed by atoms with E-state index in [1.807, 2.05) is 24.3 Å². The van der Waals surface area contributed by atoms with Gasteiger partial charge in [0.1, 0.15) is 11.6 Å². The molecule has 33 heavy (non-hydrogen) atoms. The lowest BCUT2D eigenvalue weighted by atomic mass is 10.1. The second-order valence-corrected chi connectivity index (χ2v) is 7.99. The van der Waals surface area contributed by atoms with Crippen LogP contribution in [0.15, 0.2) is 55.0 Å². The third kappa shape index (κ3) is 4.66. The molecule has 0 amide bonds. The molecule has 0 unspecified atom stereocenters. The van der Waals surface area contributed by atoms with Gasteiger partial charge < -0.3 is 20.1 Å². The van der Waals surface area contributed by atoms with E-state index in [-0.39, 0.29) is 25.6 Å². The van der Waals surface area contributed by atoms with Crippen LogP contribution >= 0.6 is 12.4 Å². The van der Waals surface area contributed by atoms with Crippen LogP contribution in [0.25, 0.3) is 22.3 Å². The SMILES string of the molecule is Cl.N#Cc1ccnc(Nc2cc(C3CC3)cc(-c3ccc4ncn(C(CO)CO)c4c3)n2)c1. The third-order valence-electron chi connectivity index (χ3n) is 5.73. The van der Waals surface area contributed by atoms with E-state index in [4.69, 9.17) is 10.2 Å². The van der Waals surface area contributed by atoms with Gasteiger partial charge in [-0.3, -0.25) is 0 Å². The monoisotopic (exact) mass is 462 g/mol. The first-order chi connectivity index (χ1) is 15.7. The maximum atomic E-state index is 9.61. The van der Waals surface area contributed by atoms with Crippen molar-refractivity contribution < 1.29 is 10.2 Å². The van der Waals surface area contributed by atoms with Gasteiger partial charge >= 0.3 is 0 Å². The number of nitriles is 1. The van der Waals surface area contributed by atoms with Crippen molar-refractivity contribution in [1.29, 1.82) is 5.26 Å². The lowest BCUT2D eigenvalue weighted by Gasteiger charge is -2.14. The van der Waals surface area contributed by atoms with Crippen molar-refractivity contribution in [3.05, 3.63) is 66.1 Å². The van der Waals surface area contributed by atoms with Crippen molar-refractivity contribution in [2.75, 3.05) is 18.5 Å². The first kappa shape index (κ1) is 22.7. The summed E-state index contributed by atoms with van der Waals surface area (Å²) in [5.74, 6) is 1.76. The van der Waals surface area contributed by atoms with Gasteiger partial charge in [0.2, 0.25) is 0 Å². The molecule has 3 aromatic heterocycles. The molecule has 0 saturated heterocycles. The normalized spacial score (nSPS) is 13.0. The highest BCUT2D eigenvalue weighted by molar-refractivity contribution is 5.85. The Morgan fingerprint density at radius 1 is 1.06 bits per heavy atom. The van der Waals surface area contributed by atoms with Gasteiger partial charge in [-0.2, -0.15) is 5.26 Å². The molecule has 9 heteroatoms. The van der Waals surface area contributed by atoms with Crippen molar-refractivity contribution in [2.24, 2.45) is 0 Å². The molecule has 0 atom stereocenters. The Labute approximate surface area is 197 Å². The molecular weight excluding hydrogens is 440 g/mol. The topological polar surface area (TPSA) is 120 Å². The third-order valence-corrected chi connectivity index (χ3v) is 5.73. The van der Waals surface area contributed by atoms with Gasteiger partial charge in [0.15, 0.2) is 0 Å². The molecule has 1 fully saturated rings. The Kier molecular flexibility index (Phi) is 6.56. The maximum Gasteiger partial charge on any atom is 0.132 e. The van der Waals surface area contributed by atoms with Gasteiger partial charge in [-0.15, -0.1) is 12.4 Å². The van der Waals surface area contributed by atoms with E-state index in [2.05, 4.69) is 27.4 Å². The van der Waals surface area contributed by atoms with Crippen molar-refractivity contribution in [2.45, 2.75) is 24.8 Å². The lowest BCUT2D eigenvalue weighted by molar-refractivity contribution is 0.157. The van der Waals surface area contributed by atoms with Crippen molar-refractivity contribution in [3.8, 4) is 17.3 Å². The zero-order valence-electron chi connectivity index (χ0n) is 17.7. The molecule has 0 bridgehead atoms. The van der Waals surface area contributed by atoms with Gasteiger partial charge in [-0.25, -0.2) is 15.0 Å². The molecule has 8 nitrogen and oxygen atoms in total. The largest absolute Gasteiger partial charge is 0.394 e. The Hall–Kier alpha value is -3.51. The first-order valence-electron chi connectivity index (χ1n) is 10.5. The summed E-state index contributed by atoms with van der Waals surface area (Å²) in [7, 11) is 0. The summed E-state index contributed by atoms with van der Waals surface area (Å²) >= 11 is 0. The smallest absolute Gasteiger partial charge is 0.132 e. The Morgan fingerprint density at radius 3 is 2.61 bits per heavy atom. The second-order valence-electron chi connectivity index (χ2n) is 7.99. The molecular formula is C24H23ClN6O2. The highest BCUT2D eigenvalue weighted by Gasteiger charge is 2.25. The second kappa shape index (κ2) is 9.55. The number of benzene rings is 1. The average molecular weight is 463 g/mol. The van der Waals surface area contributed by atoms with Crippen LogP contribution in [0.1, 0.15) is 35.9 Å². The van der Waals surface area contributed by atoms with E-state index >= 15 is 0 Å². The Morgan fingerprint density at radius 2 is 1.88 bits per heavy atom. The molecule has 5 rings (SSSR count). The summed E-state index contributed by atoms with van der Waals surface area (Å²) in [5.41, 5.74) is 5.08. The number of nitrogens with one attached hydrogen (secondary N) is 1. The number of hydrogen-bond donors (Lipinski definition) is 3. The zero-order valence-corrected chi connectivity index (χ0v) is 18.5. The number of aliphatic hydroxyl groups is 2. The van der Waals surface area contributed by atoms with Crippen LogP contribution in [0.4, 0.5) is 11.6 Å². The minimum atomic E-state index is -0.447. The van der Waals surface area contributed by atoms with E-state index in [0.717, 1.165) is 35.1 Å². The average Bonchev–Trinajstić information content (AvgIpc) is 3.60. The minimum absolute atomic E-state index is 0. The summed E-state index contributed by atoms with van der Waals surface area (Å²) < 4.78 is 1.79. The Bertz CT molecular complexity index is 1320. The fourth-order valence-corrected chi connectivity index (χ4v) is 3.83. The Balaban J connectivity index is 0.00000259. The van der Waals surface area contributed by atoms with Gasteiger partial charge in [-0.05, 0) is 60.7 Å². The predicted molar refractivity (Wildman–Crippen MR) is 128 cm³/mol. The molecule has 0 radical (unpaired) electrons. The molecule has 1 aromatic carbocycles. The van der Waals surface area contributed by atoms with E-state index < -0.39 is 6.04 Å². The zero-order chi connectivity index (χ0) is 22.1. The van der Waals surface area contributed by atoms with Crippen LogP contribution in [0, 0.1) is 11.3 Å². The van der Waals surface area contributed by atoms with E-state index in [9.17, 15) is 10.2 Å². The van der Waals surface area contributed by atoms with Gasteiger partial charge in [0.05, 0.1) is 53.9 Å². The van der Waals surface area contributed by atoms with E-state index in [0.29, 0.717) is 23.1 Å². The van der Waals surface area contributed by atoms with Crippen LogP contribution < -0.4 is 5.32 Å². The summed E-state index contributed by atoms with van der Waals surface area (Å²) in [6.07, 6.45) is 5.55. The lowest BCUT2D eigenvalue weighted by Crippen LogP contribution is -2.16. The number of anilines is 2. The number of halogens is 1. The highest BCUT2D eigenvalue weighted by Crippen LogP contribution is 2.42. The number of imidazole rings is 1. The molecule has 1 saturated carbocycles. The maximum absolute atomic E-state index is 9.61. The number of nitrogens with zero attached hydrogens (tertiary/aromatic N) is 5. The van der Waals surface area contributed by atoms with Crippen LogP contribution in [0.5, 0.6) is 0 Å². The molecule has 3 N–H and O–H groups in total. The molecule has 0 aliphatic heterocycles. The van der Waals surface area contributed by atoms with Gasteiger partial charge in [-0.1, -0.05) is 6.07 Å². The molecule has 0 spiro atoms. The molecule has 4 aromatic rings. The number of aromatic nitrogens is 4. The van der Waals surface area contributed by atoms with E-state index in [1.165, 1.54) is 5.56 Å². The number of aliphatic hydroxyl groups excluding tert-OH is 2. The summed E-state index contributed by atoms with van der Waals surface area (Å²) in [5, 5.41) is 31.6. The molecule has 1 aliphatic rings. The van der Waals surface area contributed by atoms with Crippen molar-refractivity contribution in [1.82, 2.24) is 19.5 Å². The number of rotatable bonds is 7. The quantitative estimate of drug-likeness (QED) is 0.380. The van der Waals surface area contributed by atoms with Crippen molar-refractivity contribution >= 4 is 35.1 Å². The van der Waals surface area contributed by atoms with Crippen LogP contribution in [-0.2, 0) is 0 Å². The fourth-order valence-electron chi connectivity index (χ4n) is 3.83. The van der Waals surface area contributed by atoms with Crippen LogP contribution in [0.3, 0.4) is 0 Å². The molecule has 1 aliphatic carbocycles. The van der Waals surface area contributed by atoms with Gasteiger partial charge in [0, 0.05) is 11.8 Å². The number of hydrogen-bond acceptors (Lipinski definition) is 7. The van der Waals surface area contributed by atoms with E-state index in [1.54, 1.807) is 29.2 Å². The van der Waals surface area contributed by atoms with Crippen LogP contribution in [0.2, 0.25) is 0 Å². The van der Waals surface area contributed by atoms with Crippen LogP contribution in [-0.4, -0.2) is 42.9 Å².